The van der Waals surface area contributed by atoms with Crippen LogP contribution in [0.5, 0.6) is 11.5 Å². The summed E-state index contributed by atoms with van der Waals surface area (Å²) in [5.74, 6) is -0.696. The van der Waals surface area contributed by atoms with Crippen LogP contribution in [0.3, 0.4) is 0 Å². The normalized spacial score (nSPS) is 17.5. The molecule has 2 aromatic rings. The first-order valence-electron chi connectivity index (χ1n) is 9.87. The summed E-state index contributed by atoms with van der Waals surface area (Å²) < 4.78 is 77.0. The Hall–Kier alpha value is -2.50. The van der Waals surface area contributed by atoms with Gasteiger partial charge in [0, 0.05) is 24.8 Å². The highest BCUT2D eigenvalue weighted by Gasteiger charge is 2.35. The zero-order valence-electron chi connectivity index (χ0n) is 17.8. The molecule has 0 unspecified atom stereocenters. The van der Waals surface area contributed by atoms with E-state index in [2.05, 4.69) is 5.32 Å². The molecule has 0 bridgehead atoms. The van der Waals surface area contributed by atoms with Crippen molar-refractivity contribution in [2.75, 3.05) is 32.6 Å². The summed E-state index contributed by atoms with van der Waals surface area (Å²) in [5, 5.41) is 1.96. The average molecular weight is 507 g/mol. The van der Waals surface area contributed by atoms with Crippen molar-refractivity contribution < 1.29 is 35.9 Å². The molecule has 1 fully saturated rings. The Morgan fingerprint density at radius 1 is 1.12 bits per heavy atom. The van der Waals surface area contributed by atoms with Crippen LogP contribution in [0.2, 0.25) is 5.02 Å². The van der Waals surface area contributed by atoms with Gasteiger partial charge in [-0.1, -0.05) is 11.6 Å². The third-order valence-corrected chi connectivity index (χ3v) is 7.48. The fraction of sp³-hybridized carbons (Fsp3) is 0.381. The van der Waals surface area contributed by atoms with Crippen LogP contribution in [0.15, 0.2) is 41.3 Å². The van der Waals surface area contributed by atoms with Crippen molar-refractivity contribution in [1.29, 1.82) is 0 Å². The number of carbonyl (C=O) groups is 1. The molecule has 180 valence electrons. The minimum atomic E-state index is -4.67. The van der Waals surface area contributed by atoms with Gasteiger partial charge < -0.3 is 14.8 Å². The predicted molar refractivity (Wildman–Crippen MR) is 116 cm³/mol. The summed E-state index contributed by atoms with van der Waals surface area (Å²) in [6.45, 7) is 0.0991. The SMILES string of the molecule is COc1ccc(S(=O)(=O)N2CCC[C@@H](C(=O)Nc3ccc(Cl)c(C(F)(F)F)c3)C2)cc1OC. The number of sulfonamides is 1. The van der Waals surface area contributed by atoms with Crippen molar-refractivity contribution in [2.24, 2.45) is 5.92 Å². The summed E-state index contributed by atoms with van der Waals surface area (Å²) in [7, 11) is -1.12. The number of hydrogen-bond donors (Lipinski definition) is 1. The Morgan fingerprint density at radius 3 is 2.45 bits per heavy atom. The van der Waals surface area contributed by atoms with Crippen LogP contribution in [0.4, 0.5) is 18.9 Å². The molecule has 0 radical (unpaired) electrons. The Labute approximate surface area is 194 Å². The molecule has 33 heavy (non-hydrogen) atoms. The minimum Gasteiger partial charge on any atom is -0.493 e. The number of carbonyl (C=O) groups excluding carboxylic acids is 1. The smallest absolute Gasteiger partial charge is 0.417 e. The first-order valence-corrected chi connectivity index (χ1v) is 11.7. The van der Waals surface area contributed by atoms with E-state index < -0.39 is 38.6 Å². The van der Waals surface area contributed by atoms with Gasteiger partial charge in [-0.3, -0.25) is 4.79 Å². The zero-order chi connectivity index (χ0) is 24.4. The monoisotopic (exact) mass is 506 g/mol. The lowest BCUT2D eigenvalue weighted by atomic mass is 9.98. The fourth-order valence-corrected chi connectivity index (χ4v) is 5.33. The molecule has 3 rings (SSSR count). The van der Waals surface area contributed by atoms with Crippen molar-refractivity contribution in [2.45, 2.75) is 23.9 Å². The first-order chi connectivity index (χ1) is 15.5. The van der Waals surface area contributed by atoms with E-state index in [-0.39, 0.29) is 29.4 Å². The molecule has 1 saturated heterocycles. The van der Waals surface area contributed by atoms with Gasteiger partial charge in [0.1, 0.15) is 0 Å². The van der Waals surface area contributed by atoms with E-state index in [1.807, 2.05) is 0 Å². The lowest BCUT2D eigenvalue weighted by Gasteiger charge is -2.31. The maximum atomic E-state index is 13.1. The van der Waals surface area contributed by atoms with Crippen molar-refractivity contribution in [3.05, 3.63) is 47.0 Å². The topological polar surface area (TPSA) is 84.9 Å². The Kier molecular flexibility index (Phi) is 7.45. The van der Waals surface area contributed by atoms with Crippen LogP contribution in [0, 0.1) is 5.92 Å². The molecule has 1 aliphatic rings. The van der Waals surface area contributed by atoms with E-state index in [1.165, 1.54) is 42.8 Å². The number of ether oxygens (including phenoxy) is 2. The molecular weight excluding hydrogens is 485 g/mol. The minimum absolute atomic E-state index is 0.0197. The van der Waals surface area contributed by atoms with Crippen LogP contribution in [0.1, 0.15) is 18.4 Å². The summed E-state index contributed by atoms with van der Waals surface area (Å²) in [4.78, 5) is 12.7. The second-order valence-corrected chi connectivity index (χ2v) is 9.75. The van der Waals surface area contributed by atoms with Crippen molar-refractivity contribution in [1.82, 2.24) is 4.31 Å². The molecule has 12 heteroatoms. The second kappa shape index (κ2) is 9.78. The van der Waals surface area contributed by atoms with E-state index in [0.29, 0.717) is 18.6 Å². The highest BCUT2D eigenvalue weighted by Crippen LogP contribution is 2.36. The van der Waals surface area contributed by atoms with Gasteiger partial charge in [0.05, 0.1) is 35.6 Å². The quantitative estimate of drug-likeness (QED) is 0.627. The van der Waals surface area contributed by atoms with Gasteiger partial charge in [-0.2, -0.15) is 17.5 Å². The van der Waals surface area contributed by atoms with E-state index in [4.69, 9.17) is 21.1 Å². The summed E-state index contributed by atoms with van der Waals surface area (Å²) in [6, 6.07) is 7.25. The van der Waals surface area contributed by atoms with Gasteiger partial charge in [-0.25, -0.2) is 8.42 Å². The molecular formula is C21H22ClF3N2O5S. The van der Waals surface area contributed by atoms with Crippen LogP contribution in [0.25, 0.3) is 0 Å². The number of hydrogen-bond acceptors (Lipinski definition) is 5. The van der Waals surface area contributed by atoms with Gasteiger partial charge in [-0.15, -0.1) is 0 Å². The van der Waals surface area contributed by atoms with Crippen LogP contribution >= 0.6 is 11.6 Å². The number of nitrogens with one attached hydrogen (secondary N) is 1. The summed E-state index contributed by atoms with van der Waals surface area (Å²) in [5.41, 5.74) is -1.14. The Bertz CT molecular complexity index is 1140. The number of anilines is 1. The third kappa shape index (κ3) is 5.53. The summed E-state index contributed by atoms with van der Waals surface area (Å²) >= 11 is 5.61. The zero-order valence-corrected chi connectivity index (χ0v) is 19.4. The van der Waals surface area contributed by atoms with Gasteiger partial charge in [0.2, 0.25) is 15.9 Å². The van der Waals surface area contributed by atoms with E-state index in [1.54, 1.807) is 0 Å². The van der Waals surface area contributed by atoms with E-state index in [0.717, 1.165) is 12.1 Å². The lowest BCUT2D eigenvalue weighted by molar-refractivity contribution is -0.137. The van der Waals surface area contributed by atoms with Crippen LogP contribution in [-0.4, -0.2) is 45.9 Å². The van der Waals surface area contributed by atoms with Gasteiger partial charge in [-0.05, 0) is 43.2 Å². The van der Waals surface area contributed by atoms with Crippen LogP contribution in [-0.2, 0) is 21.0 Å². The molecule has 0 saturated carbocycles. The highest BCUT2D eigenvalue weighted by molar-refractivity contribution is 7.89. The summed E-state index contributed by atoms with van der Waals surface area (Å²) in [6.07, 6.45) is -3.87. The third-order valence-electron chi connectivity index (χ3n) is 5.29. The molecule has 7 nitrogen and oxygen atoms in total. The lowest BCUT2D eigenvalue weighted by Crippen LogP contribution is -2.43. The van der Waals surface area contributed by atoms with Gasteiger partial charge in [0.25, 0.3) is 0 Å². The standard InChI is InChI=1S/C21H22ClF3N2O5S/c1-31-18-8-6-15(11-19(18)32-2)33(29,30)27-9-3-4-13(12-27)20(28)26-14-5-7-17(22)16(10-14)21(23,24)25/h5-8,10-11,13H,3-4,9,12H2,1-2H3,(H,26,28)/t13-/m1/s1. The number of nitrogens with zero attached hydrogens (tertiary/aromatic N) is 1. The molecule has 0 aliphatic carbocycles. The number of amides is 1. The number of piperidine rings is 1. The number of alkyl halides is 3. The maximum absolute atomic E-state index is 13.1. The van der Waals surface area contributed by atoms with Gasteiger partial charge in [0.15, 0.2) is 11.5 Å². The van der Waals surface area contributed by atoms with Gasteiger partial charge >= 0.3 is 6.18 Å². The molecule has 0 aromatic heterocycles. The van der Waals surface area contributed by atoms with E-state index >= 15 is 0 Å². The highest BCUT2D eigenvalue weighted by atomic mass is 35.5. The average Bonchev–Trinajstić information content (AvgIpc) is 2.79. The Balaban J connectivity index is 1.77. The maximum Gasteiger partial charge on any atom is 0.417 e. The van der Waals surface area contributed by atoms with Crippen molar-refractivity contribution in [3.63, 3.8) is 0 Å². The van der Waals surface area contributed by atoms with Crippen molar-refractivity contribution >= 4 is 33.2 Å². The number of benzene rings is 2. The largest absolute Gasteiger partial charge is 0.493 e. The molecule has 0 spiro atoms. The molecule has 1 aliphatic heterocycles. The number of methoxy groups -OCH3 is 2. The van der Waals surface area contributed by atoms with Crippen molar-refractivity contribution in [3.8, 4) is 11.5 Å². The molecule has 2 aromatic carbocycles. The fourth-order valence-electron chi connectivity index (χ4n) is 3.57. The molecule has 1 amide bonds. The molecule has 1 N–H and O–H groups in total. The number of halogens is 4. The Morgan fingerprint density at radius 2 is 1.82 bits per heavy atom. The van der Waals surface area contributed by atoms with E-state index in [9.17, 15) is 26.4 Å². The number of rotatable bonds is 6. The second-order valence-electron chi connectivity index (χ2n) is 7.40. The van der Waals surface area contributed by atoms with Crippen LogP contribution < -0.4 is 14.8 Å². The first kappa shape index (κ1) is 25.1. The molecule has 1 atom stereocenters. The predicted octanol–water partition coefficient (Wildman–Crippen LogP) is 4.42. The molecule has 1 heterocycles.